The van der Waals surface area contributed by atoms with Crippen LogP contribution in [-0.2, 0) is 0 Å². The molecule has 2 aromatic carbocycles. The molecule has 0 aliphatic heterocycles. The molecule has 0 aromatic heterocycles. The van der Waals surface area contributed by atoms with E-state index >= 15 is 0 Å². The Balaban J connectivity index is 2.67. The van der Waals surface area contributed by atoms with Gasteiger partial charge < -0.3 is 4.90 Å². The van der Waals surface area contributed by atoms with Gasteiger partial charge in [0.05, 0.1) is 5.69 Å². The largest absolute Gasteiger partial charge is 0.375 e. The first-order valence-electron chi connectivity index (χ1n) is 5.41. The van der Waals surface area contributed by atoms with E-state index in [9.17, 15) is 4.39 Å². The van der Waals surface area contributed by atoms with Crippen molar-refractivity contribution < 1.29 is 4.39 Å². The lowest BCUT2D eigenvalue weighted by Crippen LogP contribution is -2.12. The lowest BCUT2D eigenvalue weighted by atomic mass is 10.0. The van der Waals surface area contributed by atoms with Crippen molar-refractivity contribution in [2.45, 2.75) is 0 Å². The molecule has 0 aliphatic carbocycles. The molecule has 1 nitrogen and oxygen atoms in total. The first-order valence-corrected chi connectivity index (χ1v) is 6.17. The first kappa shape index (κ1) is 13.2. The highest BCUT2D eigenvalue weighted by atomic mass is 35.5. The molecule has 0 unspecified atom stereocenters. The summed E-state index contributed by atoms with van der Waals surface area (Å²) in [6.07, 6.45) is 0. The molecule has 0 fully saturated rings. The summed E-state index contributed by atoms with van der Waals surface area (Å²) in [7, 11) is 3.60. The molecule has 0 N–H and O–H groups in total. The van der Waals surface area contributed by atoms with E-state index in [1.807, 2.05) is 6.07 Å². The molecule has 0 radical (unpaired) electrons. The van der Waals surface area contributed by atoms with Crippen LogP contribution in [0.3, 0.4) is 0 Å². The first-order chi connectivity index (χ1) is 8.49. The van der Waals surface area contributed by atoms with Crippen LogP contribution in [0.25, 0.3) is 11.1 Å². The molecular weight excluding hydrogens is 272 g/mol. The normalized spacial score (nSPS) is 10.5. The van der Waals surface area contributed by atoms with Crippen molar-refractivity contribution in [3.8, 4) is 11.1 Å². The van der Waals surface area contributed by atoms with Crippen LogP contribution < -0.4 is 4.90 Å². The topological polar surface area (TPSA) is 3.24 Å². The molecule has 4 heteroatoms. The number of benzene rings is 2. The second-order valence-electron chi connectivity index (χ2n) is 4.19. The molecule has 0 bridgehead atoms. The van der Waals surface area contributed by atoms with Crippen molar-refractivity contribution in [3.63, 3.8) is 0 Å². The van der Waals surface area contributed by atoms with E-state index < -0.39 is 0 Å². The lowest BCUT2D eigenvalue weighted by molar-refractivity contribution is 0.626. The predicted octanol–water partition coefficient (Wildman–Crippen LogP) is 4.87. The van der Waals surface area contributed by atoms with E-state index in [0.717, 1.165) is 11.1 Å². The highest BCUT2D eigenvalue weighted by molar-refractivity contribution is 6.35. The second kappa shape index (κ2) is 5.17. The molecule has 0 spiro atoms. The SMILES string of the molecule is CN(C)c1c(F)cccc1-c1cc(Cl)cc(Cl)c1. The van der Waals surface area contributed by atoms with Crippen molar-refractivity contribution in [3.05, 3.63) is 52.3 Å². The zero-order chi connectivity index (χ0) is 13.3. The zero-order valence-electron chi connectivity index (χ0n) is 10.0. The molecule has 0 amide bonds. The van der Waals surface area contributed by atoms with Gasteiger partial charge in [0.25, 0.3) is 0 Å². The third-order valence-electron chi connectivity index (χ3n) is 2.61. The number of para-hydroxylation sites is 1. The minimum Gasteiger partial charge on any atom is -0.375 e. The quantitative estimate of drug-likeness (QED) is 0.760. The smallest absolute Gasteiger partial charge is 0.147 e. The fourth-order valence-corrected chi connectivity index (χ4v) is 2.44. The van der Waals surface area contributed by atoms with Gasteiger partial charge in [0.2, 0.25) is 0 Å². The van der Waals surface area contributed by atoms with Crippen LogP contribution in [0.5, 0.6) is 0 Å². The van der Waals surface area contributed by atoms with Crippen LogP contribution in [0.1, 0.15) is 0 Å². The zero-order valence-corrected chi connectivity index (χ0v) is 11.6. The summed E-state index contributed by atoms with van der Waals surface area (Å²) in [5, 5.41) is 1.07. The van der Waals surface area contributed by atoms with E-state index in [-0.39, 0.29) is 5.82 Å². The van der Waals surface area contributed by atoms with E-state index in [1.165, 1.54) is 6.07 Å². The minimum atomic E-state index is -0.270. The maximum atomic E-state index is 13.9. The molecule has 0 aliphatic rings. The number of hydrogen-bond donors (Lipinski definition) is 0. The number of rotatable bonds is 2. The fraction of sp³-hybridized carbons (Fsp3) is 0.143. The molecule has 2 rings (SSSR count). The molecule has 0 saturated carbocycles. The van der Waals surface area contributed by atoms with Gasteiger partial charge in [-0.3, -0.25) is 0 Å². The Hall–Kier alpha value is -1.25. The van der Waals surface area contributed by atoms with Gasteiger partial charge in [-0.2, -0.15) is 0 Å². The highest BCUT2D eigenvalue weighted by Gasteiger charge is 2.12. The van der Waals surface area contributed by atoms with Gasteiger partial charge in [0.1, 0.15) is 5.82 Å². The van der Waals surface area contributed by atoms with Gasteiger partial charge in [0.15, 0.2) is 0 Å². The minimum absolute atomic E-state index is 0.270. The van der Waals surface area contributed by atoms with Crippen molar-refractivity contribution >= 4 is 28.9 Å². The van der Waals surface area contributed by atoms with Crippen LogP contribution >= 0.6 is 23.2 Å². The summed E-state index contributed by atoms with van der Waals surface area (Å²) in [5.41, 5.74) is 2.09. The lowest BCUT2D eigenvalue weighted by Gasteiger charge is -2.18. The Morgan fingerprint density at radius 2 is 1.61 bits per heavy atom. The van der Waals surface area contributed by atoms with Crippen molar-refractivity contribution in [2.24, 2.45) is 0 Å². The Kier molecular flexibility index (Phi) is 3.79. The summed E-state index contributed by atoms with van der Waals surface area (Å²) in [5.74, 6) is -0.270. The second-order valence-corrected chi connectivity index (χ2v) is 5.06. The van der Waals surface area contributed by atoms with E-state index in [0.29, 0.717) is 15.7 Å². The van der Waals surface area contributed by atoms with E-state index in [2.05, 4.69) is 0 Å². The molecule has 94 valence electrons. The van der Waals surface area contributed by atoms with Gasteiger partial charge in [0, 0.05) is 29.7 Å². The molecule has 0 heterocycles. The van der Waals surface area contributed by atoms with Crippen molar-refractivity contribution in [2.75, 3.05) is 19.0 Å². The van der Waals surface area contributed by atoms with Crippen LogP contribution in [0.2, 0.25) is 10.0 Å². The Labute approximate surface area is 116 Å². The average Bonchev–Trinajstić information content (AvgIpc) is 2.26. The summed E-state index contributed by atoms with van der Waals surface area (Å²) < 4.78 is 13.9. The van der Waals surface area contributed by atoms with Gasteiger partial charge in [-0.1, -0.05) is 35.3 Å². The molecular formula is C14H12Cl2FN. The Morgan fingerprint density at radius 1 is 1.00 bits per heavy atom. The number of anilines is 1. The number of nitrogens with zero attached hydrogens (tertiary/aromatic N) is 1. The van der Waals surface area contributed by atoms with Crippen LogP contribution in [0.4, 0.5) is 10.1 Å². The summed E-state index contributed by atoms with van der Waals surface area (Å²) >= 11 is 12.0. The van der Waals surface area contributed by atoms with Crippen LogP contribution in [-0.4, -0.2) is 14.1 Å². The molecule has 18 heavy (non-hydrogen) atoms. The monoisotopic (exact) mass is 283 g/mol. The molecule has 0 atom stereocenters. The van der Waals surface area contributed by atoms with Crippen molar-refractivity contribution in [1.29, 1.82) is 0 Å². The highest BCUT2D eigenvalue weighted by Crippen LogP contribution is 2.34. The third kappa shape index (κ3) is 2.60. The van der Waals surface area contributed by atoms with E-state index in [1.54, 1.807) is 43.3 Å². The summed E-state index contributed by atoms with van der Waals surface area (Å²) in [4.78, 5) is 1.74. The van der Waals surface area contributed by atoms with Gasteiger partial charge in [-0.25, -0.2) is 4.39 Å². The third-order valence-corrected chi connectivity index (χ3v) is 3.04. The Bertz CT molecular complexity index is 562. The molecule has 0 saturated heterocycles. The fourth-order valence-electron chi connectivity index (χ4n) is 1.91. The average molecular weight is 284 g/mol. The molecule has 2 aromatic rings. The van der Waals surface area contributed by atoms with Gasteiger partial charge in [-0.15, -0.1) is 0 Å². The maximum absolute atomic E-state index is 13.9. The summed E-state index contributed by atoms with van der Waals surface area (Å²) in [6, 6.07) is 10.2. The maximum Gasteiger partial charge on any atom is 0.147 e. The van der Waals surface area contributed by atoms with E-state index in [4.69, 9.17) is 23.2 Å². The van der Waals surface area contributed by atoms with Crippen molar-refractivity contribution in [1.82, 2.24) is 0 Å². The number of halogens is 3. The standard InChI is InChI=1S/C14H12Cl2FN/c1-18(2)14-12(4-3-5-13(14)17)9-6-10(15)8-11(16)7-9/h3-8H,1-2H3. The summed E-state index contributed by atoms with van der Waals surface area (Å²) in [6.45, 7) is 0. The van der Waals surface area contributed by atoms with Gasteiger partial charge in [-0.05, 0) is 29.8 Å². The predicted molar refractivity (Wildman–Crippen MR) is 76.2 cm³/mol. The van der Waals surface area contributed by atoms with Crippen LogP contribution in [0, 0.1) is 5.82 Å². The van der Waals surface area contributed by atoms with Gasteiger partial charge >= 0.3 is 0 Å². The van der Waals surface area contributed by atoms with Crippen LogP contribution in [0.15, 0.2) is 36.4 Å². The number of hydrogen-bond acceptors (Lipinski definition) is 1. The Morgan fingerprint density at radius 3 is 2.17 bits per heavy atom.